The van der Waals surface area contributed by atoms with Gasteiger partial charge in [-0.1, -0.05) is 11.8 Å². The molecule has 0 aliphatic carbocycles. The van der Waals surface area contributed by atoms with Crippen LogP contribution in [0.25, 0.3) is 5.70 Å². The second-order valence-electron chi connectivity index (χ2n) is 6.58. The third-order valence-corrected chi connectivity index (χ3v) is 6.05. The number of halogens is 3. The topological polar surface area (TPSA) is 121 Å². The molecule has 1 saturated heterocycles. The van der Waals surface area contributed by atoms with Crippen molar-refractivity contribution in [3.63, 3.8) is 0 Å². The minimum Gasteiger partial charge on any atom is -0.397 e. The van der Waals surface area contributed by atoms with Crippen LogP contribution in [0.1, 0.15) is 5.56 Å². The molecule has 1 aromatic carbocycles. The third-order valence-electron chi connectivity index (χ3n) is 4.50. The summed E-state index contributed by atoms with van der Waals surface area (Å²) < 4.78 is 32.9. The third kappa shape index (κ3) is 5.29. The van der Waals surface area contributed by atoms with E-state index in [0.717, 1.165) is 16.6 Å². The van der Waals surface area contributed by atoms with E-state index in [1.165, 1.54) is 24.0 Å². The van der Waals surface area contributed by atoms with E-state index in [9.17, 15) is 24.1 Å². The summed E-state index contributed by atoms with van der Waals surface area (Å²) in [6, 6.07) is 4.03. The molecule has 30 heavy (non-hydrogen) atoms. The fraction of sp³-hybridized carbons (Fsp3) is 0.316. The van der Waals surface area contributed by atoms with Gasteiger partial charge in [0.25, 0.3) is 0 Å². The number of pyridine rings is 1. The Balaban J connectivity index is 1.77. The van der Waals surface area contributed by atoms with Crippen LogP contribution in [-0.4, -0.2) is 56.7 Å². The van der Waals surface area contributed by atoms with Crippen molar-refractivity contribution in [2.45, 2.75) is 34.7 Å². The van der Waals surface area contributed by atoms with Crippen LogP contribution >= 0.6 is 27.7 Å². The molecule has 162 valence electrons. The highest BCUT2D eigenvalue weighted by atomic mass is 79.9. The maximum absolute atomic E-state index is 13.4. The number of aliphatic hydroxyl groups excluding tert-OH is 3. The number of hydrogen-bond acceptors (Lipinski definition) is 8. The molecular formula is C19H20BrF2N3O4S. The van der Waals surface area contributed by atoms with E-state index in [-0.39, 0.29) is 11.3 Å². The molecule has 3 rings (SSSR count). The van der Waals surface area contributed by atoms with Crippen molar-refractivity contribution in [2.24, 2.45) is 5.73 Å². The molecule has 11 heteroatoms. The molecule has 6 N–H and O–H groups in total. The summed E-state index contributed by atoms with van der Waals surface area (Å²) in [4.78, 5) is 4.76. The Bertz CT molecular complexity index is 923. The standard InChI is InChI=1S/C19H20BrF2N3O4S/c20-10-4-11(6-24-5-10)30-19-18(28)16(17(27)15(8-26)29-19)25-7-14(23)9-1-2-12(21)13(22)3-9/h1-7,15-19,25-28H,8,23H2/b14-7-. The lowest BCUT2D eigenvalue weighted by Crippen LogP contribution is -2.62. The Morgan fingerprint density at radius 2 is 2.00 bits per heavy atom. The summed E-state index contributed by atoms with van der Waals surface area (Å²) in [5.41, 5.74) is 5.38. The summed E-state index contributed by atoms with van der Waals surface area (Å²) in [6.45, 7) is -0.470. The van der Waals surface area contributed by atoms with Crippen molar-refractivity contribution >= 4 is 33.4 Å². The zero-order chi connectivity index (χ0) is 21.8. The first kappa shape index (κ1) is 22.9. The fourth-order valence-electron chi connectivity index (χ4n) is 2.92. The zero-order valence-electron chi connectivity index (χ0n) is 15.5. The monoisotopic (exact) mass is 503 g/mol. The molecule has 2 aromatic rings. The maximum Gasteiger partial charge on any atom is 0.159 e. The van der Waals surface area contributed by atoms with E-state index < -0.39 is 48.0 Å². The summed E-state index contributed by atoms with van der Waals surface area (Å²) in [6.07, 6.45) is 1.08. The van der Waals surface area contributed by atoms with E-state index in [1.807, 2.05) is 0 Å². The molecule has 2 heterocycles. The van der Waals surface area contributed by atoms with Crippen LogP contribution in [0.2, 0.25) is 0 Å². The molecule has 0 spiro atoms. The number of ether oxygens (including phenoxy) is 1. The van der Waals surface area contributed by atoms with Crippen molar-refractivity contribution < 1.29 is 28.8 Å². The van der Waals surface area contributed by atoms with Gasteiger partial charge < -0.3 is 31.1 Å². The number of nitrogens with two attached hydrogens (primary N) is 1. The molecule has 1 aromatic heterocycles. The molecule has 5 atom stereocenters. The number of hydrogen-bond donors (Lipinski definition) is 5. The van der Waals surface area contributed by atoms with Gasteiger partial charge in [-0.25, -0.2) is 8.78 Å². The average molecular weight is 504 g/mol. The second-order valence-corrected chi connectivity index (χ2v) is 8.67. The first-order chi connectivity index (χ1) is 14.3. The highest BCUT2D eigenvalue weighted by Gasteiger charge is 2.44. The number of nitrogens with zero attached hydrogens (tertiary/aromatic N) is 1. The predicted molar refractivity (Wildman–Crippen MR) is 111 cm³/mol. The van der Waals surface area contributed by atoms with Crippen molar-refractivity contribution in [1.82, 2.24) is 10.3 Å². The van der Waals surface area contributed by atoms with Gasteiger partial charge in [0.1, 0.15) is 23.7 Å². The summed E-state index contributed by atoms with van der Waals surface area (Å²) in [5, 5.41) is 33.6. The van der Waals surface area contributed by atoms with Gasteiger partial charge in [-0.2, -0.15) is 0 Å². The first-order valence-corrected chi connectivity index (χ1v) is 10.5. The number of benzene rings is 1. The normalized spacial score (nSPS) is 27.1. The number of nitrogens with one attached hydrogen (secondary N) is 1. The van der Waals surface area contributed by atoms with Gasteiger partial charge in [0.15, 0.2) is 11.6 Å². The van der Waals surface area contributed by atoms with Gasteiger partial charge in [-0.15, -0.1) is 0 Å². The molecule has 0 amide bonds. The van der Waals surface area contributed by atoms with Crippen LogP contribution in [0, 0.1) is 11.6 Å². The molecule has 0 saturated carbocycles. The molecule has 1 fully saturated rings. The average Bonchev–Trinajstić information content (AvgIpc) is 2.72. The summed E-state index contributed by atoms with van der Waals surface area (Å²) >= 11 is 4.49. The Kier molecular flexibility index (Phi) is 7.66. The maximum atomic E-state index is 13.4. The molecule has 0 radical (unpaired) electrons. The summed E-state index contributed by atoms with van der Waals surface area (Å²) in [5.74, 6) is -2.04. The lowest BCUT2D eigenvalue weighted by atomic mass is 9.97. The van der Waals surface area contributed by atoms with Crippen LogP contribution < -0.4 is 11.1 Å². The van der Waals surface area contributed by atoms with Crippen molar-refractivity contribution in [2.75, 3.05) is 6.61 Å². The highest BCUT2D eigenvalue weighted by molar-refractivity contribution is 9.10. The van der Waals surface area contributed by atoms with Gasteiger partial charge >= 0.3 is 0 Å². The Morgan fingerprint density at radius 1 is 1.23 bits per heavy atom. The quantitative estimate of drug-likeness (QED) is 0.402. The zero-order valence-corrected chi connectivity index (χ0v) is 17.9. The van der Waals surface area contributed by atoms with Gasteiger partial charge in [-0.3, -0.25) is 4.98 Å². The molecule has 0 bridgehead atoms. The van der Waals surface area contributed by atoms with Crippen molar-refractivity contribution in [3.8, 4) is 0 Å². The molecular weight excluding hydrogens is 484 g/mol. The predicted octanol–water partition coefficient (Wildman–Crippen LogP) is 1.57. The van der Waals surface area contributed by atoms with E-state index in [2.05, 4.69) is 26.2 Å². The number of aromatic nitrogens is 1. The van der Waals surface area contributed by atoms with Gasteiger partial charge in [0, 0.05) is 33.5 Å². The van der Waals surface area contributed by atoms with Crippen LogP contribution in [0.3, 0.4) is 0 Å². The first-order valence-electron chi connectivity index (χ1n) is 8.87. The molecule has 7 nitrogen and oxygen atoms in total. The smallest absolute Gasteiger partial charge is 0.159 e. The Hall–Kier alpha value is -1.76. The van der Waals surface area contributed by atoms with E-state index in [4.69, 9.17) is 10.5 Å². The minimum atomic E-state index is -1.25. The number of rotatable bonds is 6. The van der Waals surface area contributed by atoms with Gasteiger partial charge in [0.05, 0.1) is 18.3 Å². The van der Waals surface area contributed by atoms with Gasteiger partial charge in [-0.05, 0) is 40.2 Å². The summed E-state index contributed by atoms with van der Waals surface area (Å²) in [7, 11) is 0. The molecule has 1 aliphatic heterocycles. The Labute approximate surface area is 184 Å². The largest absolute Gasteiger partial charge is 0.397 e. The van der Waals surface area contributed by atoms with Crippen LogP contribution in [0.15, 0.2) is 52.2 Å². The number of thioether (sulfide) groups is 1. The fourth-order valence-corrected chi connectivity index (χ4v) is 4.53. The lowest BCUT2D eigenvalue weighted by molar-refractivity contribution is -0.164. The minimum absolute atomic E-state index is 0.0701. The SMILES string of the molecule is N/C(=C\NC1C(O)C(CO)OC(Sc2cncc(Br)c2)C1O)c1ccc(F)c(F)c1. The van der Waals surface area contributed by atoms with E-state index >= 15 is 0 Å². The van der Waals surface area contributed by atoms with E-state index in [1.54, 1.807) is 18.5 Å². The van der Waals surface area contributed by atoms with E-state index in [0.29, 0.717) is 4.90 Å². The van der Waals surface area contributed by atoms with Gasteiger partial charge in [0.2, 0.25) is 0 Å². The highest BCUT2D eigenvalue weighted by Crippen LogP contribution is 2.34. The molecule has 1 aliphatic rings. The molecule has 5 unspecified atom stereocenters. The van der Waals surface area contributed by atoms with Crippen LogP contribution in [-0.2, 0) is 4.74 Å². The van der Waals surface area contributed by atoms with Crippen LogP contribution in [0.4, 0.5) is 8.78 Å². The van der Waals surface area contributed by atoms with Crippen molar-refractivity contribution in [1.29, 1.82) is 0 Å². The lowest BCUT2D eigenvalue weighted by Gasteiger charge is -2.42. The second kappa shape index (κ2) is 10.0. The van der Waals surface area contributed by atoms with Crippen molar-refractivity contribution in [3.05, 3.63) is 64.5 Å². The Morgan fingerprint density at radius 3 is 2.67 bits per heavy atom. The number of aliphatic hydroxyl groups is 3. The van der Waals surface area contributed by atoms with Crippen LogP contribution in [0.5, 0.6) is 0 Å².